The van der Waals surface area contributed by atoms with Crippen LogP contribution in [0.1, 0.15) is 41.3 Å². The molecule has 1 amide bonds. The van der Waals surface area contributed by atoms with E-state index in [9.17, 15) is 13.6 Å². The van der Waals surface area contributed by atoms with E-state index >= 15 is 0 Å². The number of carbonyl (C=O) groups is 1. The second-order valence-corrected chi connectivity index (χ2v) is 8.76. The summed E-state index contributed by atoms with van der Waals surface area (Å²) in [7, 11) is 0. The van der Waals surface area contributed by atoms with Crippen molar-refractivity contribution < 1.29 is 23.0 Å². The zero-order valence-corrected chi connectivity index (χ0v) is 19.0. The molecule has 0 saturated carbocycles. The van der Waals surface area contributed by atoms with E-state index in [1.165, 1.54) is 12.3 Å². The van der Waals surface area contributed by atoms with Gasteiger partial charge in [0.1, 0.15) is 28.9 Å². The van der Waals surface area contributed by atoms with Gasteiger partial charge in [0.2, 0.25) is 5.91 Å². The number of amides is 1. The number of H-pyrrole nitrogens is 1. The van der Waals surface area contributed by atoms with E-state index in [-0.39, 0.29) is 17.4 Å². The molecule has 6 rings (SSSR count). The van der Waals surface area contributed by atoms with E-state index in [4.69, 9.17) is 9.47 Å². The minimum atomic E-state index is -2.59. The zero-order valence-electron chi connectivity index (χ0n) is 19.0. The molecule has 10 heteroatoms. The second-order valence-electron chi connectivity index (χ2n) is 8.76. The minimum absolute atomic E-state index is 0.0448. The predicted molar refractivity (Wildman–Crippen MR) is 126 cm³/mol. The van der Waals surface area contributed by atoms with E-state index in [1.807, 2.05) is 18.2 Å². The highest BCUT2D eigenvalue weighted by Gasteiger charge is 2.25. The van der Waals surface area contributed by atoms with Crippen molar-refractivity contribution in [2.24, 2.45) is 0 Å². The third-order valence-electron chi connectivity index (χ3n) is 6.34. The lowest BCUT2D eigenvalue weighted by molar-refractivity contribution is -0.116. The monoisotopic (exact) mass is 489 g/mol. The standard InChI is InChI=1S/C26H21F2N5O3/c27-24(28)16-8-15(10-29-11-16)20-12-31-25(32-20)17-7-14-9-18(1-3-21(14)35-13-17)36-22-5-6-30-26-19(22)2-4-23(34)33-26/h1,3,5-6,8-12,17,24H,2,4,7,13H2,(H,31,32)(H,30,33,34)/t17-/m0/s1. The fourth-order valence-corrected chi connectivity index (χ4v) is 4.50. The Morgan fingerprint density at radius 3 is 2.89 bits per heavy atom. The fraction of sp³-hybridized carbons (Fsp3) is 0.231. The van der Waals surface area contributed by atoms with Gasteiger partial charge in [0, 0.05) is 41.7 Å². The van der Waals surface area contributed by atoms with Gasteiger partial charge < -0.3 is 19.8 Å². The number of carbonyl (C=O) groups excluding carboxylic acids is 1. The lowest BCUT2D eigenvalue weighted by Crippen LogP contribution is -2.20. The highest BCUT2D eigenvalue weighted by Crippen LogP contribution is 2.37. The van der Waals surface area contributed by atoms with Crippen molar-refractivity contribution in [2.45, 2.75) is 31.6 Å². The van der Waals surface area contributed by atoms with Crippen LogP contribution in [0.5, 0.6) is 17.2 Å². The van der Waals surface area contributed by atoms with Crippen LogP contribution in [0, 0.1) is 0 Å². The molecule has 1 atom stereocenters. The van der Waals surface area contributed by atoms with Crippen LogP contribution in [-0.2, 0) is 17.6 Å². The number of nitrogens with zero attached hydrogens (tertiary/aromatic N) is 3. The average molecular weight is 489 g/mol. The van der Waals surface area contributed by atoms with Crippen molar-refractivity contribution in [1.29, 1.82) is 0 Å². The van der Waals surface area contributed by atoms with Gasteiger partial charge in [-0.2, -0.15) is 0 Å². The Labute approximate surface area is 204 Å². The molecule has 182 valence electrons. The topological polar surface area (TPSA) is 102 Å². The summed E-state index contributed by atoms with van der Waals surface area (Å²) >= 11 is 0. The van der Waals surface area contributed by atoms with Gasteiger partial charge >= 0.3 is 0 Å². The Balaban J connectivity index is 1.21. The van der Waals surface area contributed by atoms with Gasteiger partial charge in [0.05, 0.1) is 24.4 Å². The van der Waals surface area contributed by atoms with Gasteiger partial charge in [-0.25, -0.2) is 18.7 Å². The van der Waals surface area contributed by atoms with Crippen LogP contribution in [0.15, 0.2) is 55.1 Å². The Morgan fingerprint density at radius 2 is 2.00 bits per heavy atom. The molecule has 0 saturated heterocycles. The fourth-order valence-electron chi connectivity index (χ4n) is 4.50. The van der Waals surface area contributed by atoms with Crippen molar-refractivity contribution >= 4 is 11.7 Å². The highest BCUT2D eigenvalue weighted by atomic mass is 19.3. The molecular formula is C26H21F2N5O3. The summed E-state index contributed by atoms with van der Waals surface area (Å²) < 4.78 is 38.3. The maximum absolute atomic E-state index is 13.1. The average Bonchev–Trinajstić information content (AvgIpc) is 3.39. The number of halogens is 2. The van der Waals surface area contributed by atoms with Crippen molar-refractivity contribution in [2.75, 3.05) is 11.9 Å². The largest absolute Gasteiger partial charge is 0.493 e. The Morgan fingerprint density at radius 1 is 1.08 bits per heavy atom. The Kier molecular flexibility index (Phi) is 5.55. The SMILES string of the molecule is O=C1CCc2c(Oc3ccc4c(c3)C[C@H](c3ncc(-c5cncc(C(F)F)c5)[nH]3)CO4)ccnc2N1. The first-order valence-corrected chi connectivity index (χ1v) is 11.5. The van der Waals surface area contributed by atoms with Crippen LogP contribution in [-0.4, -0.2) is 32.4 Å². The number of nitrogens with one attached hydrogen (secondary N) is 2. The van der Waals surface area contributed by atoms with Crippen LogP contribution in [0.4, 0.5) is 14.6 Å². The van der Waals surface area contributed by atoms with E-state index in [0.29, 0.717) is 60.3 Å². The maximum Gasteiger partial charge on any atom is 0.265 e. The molecule has 3 aromatic heterocycles. The minimum Gasteiger partial charge on any atom is -0.493 e. The van der Waals surface area contributed by atoms with Crippen LogP contribution in [0.3, 0.4) is 0 Å². The number of anilines is 1. The first kappa shape index (κ1) is 22.1. The molecule has 2 N–H and O–H groups in total. The summed E-state index contributed by atoms with van der Waals surface area (Å²) in [6.45, 7) is 0.438. The molecule has 0 spiro atoms. The molecule has 8 nitrogen and oxygen atoms in total. The van der Waals surface area contributed by atoms with Crippen LogP contribution < -0.4 is 14.8 Å². The summed E-state index contributed by atoms with van der Waals surface area (Å²) in [5, 5.41) is 2.78. The van der Waals surface area contributed by atoms with E-state index in [0.717, 1.165) is 23.1 Å². The molecule has 0 radical (unpaired) electrons. The Hall–Kier alpha value is -4.34. The highest BCUT2D eigenvalue weighted by molar-refractivity contribution is 5.93. The van der Waals surface area contributed by atoms with Crippen LogP contribution in [0.25, 0.3) is 11.3 Å². The number of alkyl halides is 2. The molecule has 0 bridgehead atoms. The maximum atomic E-state index is 13.1. The molecule has 2 aliphatic rings. The second kappa shape index (κ2) is 9.03. The van der Waals surface area contributed by atoms with Gasteiger partial charge in [-0.15, -0.1) is 0 Å². The third kappa shape index (κ3) is 4.26. The van der Waals surface area contributed by atoms with Crippen molar-refractivity contribution in [1.82, 2.24) is 19.9 Å². The summed E-state index contributed by atoms with van der Waals surface area (Å²) in [5.74, 6) is 3.24. The number of hydrogen-bond donors (Lipinski definition) is 2. The summed E-state index contributed by atoms with van der Waals surface area (Å²) in [6.07, 6.45) is 4.97. The third-order valence-corrected chi connectivity index (χ3v) is 6.34. The molecule has 36 heavy (non-hydrogen) atoms. The lowest BCUT2D eigenvalue weighted by atomic mass is 9.96. The van der Waals surface area contributed by atoms with Gasteiger partial charge in [-0.05, 0) is 48.7 Å². The quantitative estimate of drug-likeness (QED) is 0.400. The molecule has 1 aromatic carbocycles. The molecule has 0 aliphatic carbocycles. The number of rotatable bonds is 5. The van der Waals surface area contributed by atoms with Gasteiger partial charge in [0.25, 0.3) is 6.43 Å². The number of pyridine rings is 2. The van der Waals surface area contributed by atoms with Gasteiger partial charge in [-0.1, -0.05) is 0 Å². The summed E-state index contributed by atoms with van der Waals surface area (Å²) in [4.78, 5) is 27.6. The van der Waals surface area contributed by atoms with E-state index in [2.05, 4.69) is 25.3 Å². The first-order chi connectivity index (χ1) is 17.5. The first-order valence-electron chi connectivity index (χ1n) is 11.5. The zero-order chi connectivity index (χ0) is 24.6. The number of imidazole rings is 1. The number of aromatic amines is 1. The summed E-state index contributed by atoms with van der Waals surface area (Å²) in [6, 6.07) is 8.87. The predicted octanol–water partition coefficient (Wildman–Crippen LogP) is 5.20. The number of hydrogen-bond acceptors (Lipinski definition) is 6. The molecule has 0 fully saturated rings. The molecule has 5 heterocycles. The Bertz CT molecular complexity index is 1460. The van der Waals surface area contributed by atoms with Crippen molar-refractivity contribution in [3.05, 3.63) is 77.6 Å². The van der Waals surface area contributed by atoms with Crippen molar-refractivity contribution in [3.8, 4) is 28.5 Å². The molecular weight excluding hydrogens is 468 g/mol. The number of aromatic nitrogens is 4. The lowest BCUT2D eigenvalue weighted by Gasteiger charge is -2.25. The van der Waals surface area contributed by atoms with Crippen molar-refractivity contribution in [3.63, 3.8) is 0 Å². The van der Waals surface area contributed by atoms with Crippen LogP contribution >= 0.6 is 0 Å². The molecule has 4 aromatic rings. The normalized spacial score (nSPS) is 16.6. The number of benzene rings is 1. The number of ether oxygens (including phenoxy) is 2. The van der Waals surface area contributed by atoms with E-state index < -0.39 is 6.43 Å². The van der Waals surface area contributed by atoms with E-state index in [1.54, 1.807) is 18.5 Å². The van der Waals surface area contributed by atoms with Gasteiger partial charge in [0.15, 0.2) is 0 Å². The molecule has 2 aliphatic heterocycles. The molecule has 0 unspecified atom stereocenters. The summed E-state index contributed by atoms with van der Waals surface area (Å²) in [5.41, 5.74) is 2.88. The van der Waals surface area contributed by atoms with Gasteiger partial charge in [-0.3, -0.25) is 9.78 Å². The number of fused-ring (bicyclic) bond motifs is 2. The van der Waals surface area contributed by atoms with Crippen LogP contribution in [0.2, 0.25) is 0 Å². The smallest absolute Gasteiger partial charge is 0.265 e.